The van der Waals surface area contributed by atoms with E-state index in [1.165, 1.54) is 19.3 Å². The molecule has 1 fully saturated rings. The second kappa shape index (κ2) is 10.5. The normalized spacial score (nSPS) is 14.9. The molecule has 0 bridgehead atoms. The van der Waals surface area contributed by atoms with Crippen LogP contribution in [0.25, 0.3) is 12.2 Å². The number of methoxy groups -OCH3 is 2. The molecule has 0 radical (unpaired) electrons. The van der Waals surface area contributed by atoms with E-state index < -0.39 is 11.9 Å². The van der Waals surface area contributed by atoms with E-state index in [4.69, 9.17) is 14.2 Å². The molecule has 2 aromatic carbocycles. The number of hydrogen-bond donors (Lipinski definition) is 1. The maximum Gasteiger partial charge on any atom is 0.338 e. The van der Waals surface area contributed by atoms with Crippen molar-refractivity contribution in [3.8, 4) is 11.5 Å². The molecule has 2 aromatic rings. The lowest BCUT2D eigenvalue weighted by molar-refractivity contribution is -0.138. The van der Waals surface area contributed by atoms with Crippen LogP contribution >= 0.6 is 0 Å². The van der Waals surface area contributed by atoms with Crippen LogP contribution in [0.3, 0.4) is 0 Å². The highest BCUT2D eigenvalue weighted by molar-refractivity contribution is 6.12. The molecule has 0 saturated heterocycles. The summed E-state index contributed by atoms with van der Waals surface area (Å²) in [6.07, 6.45) is 7.30. The highest BCUT2D eigenvalue weighted by atomic mass is 16.5. The SMILES string of the molecule is COC(=O)C(=C/c1ccc(OC)c(OC2CCCC2)c1)/C(=C/c1ccccc1)C(=O)O. The molecule has 1 aliphatic rings. The van der Waals surface area contributed by atoms with Gasteiger partial charge in [-0.05, 0) is 61.1 Å². The van der Waals surface area contributed by atoms with Crippen molar-refractivity contribution in [3.05, 3.63) is 70.8 Å². The lowest BCUT2D eigenvalue weighted by Crippen LogP contribution is -2.13. The highest BCUT2D eigenvalue weighted by Gasteiger charge is 2.22. The zero-order chi connectivity index (χ0) is 22.2. The third-order valence-electron chi connectivity index (χ3n) is 5.13. The minimum Gasteiger partial charge on any atom is -0.493 e. The molecular formula is C25H26O6. The Morgan fingerprint density at radius 2 is 1.58 bits per heavy atom. The fraction of sp³-hybridized carbons (Fsp3) is 0.280. The largest absolute Gasteiger partial charge is 0.493 e. The van der Waals surface area contributed by atoms with Gasteiger partial charge >= 0.3 is 11.9 Å². The van der Waals surface area contributed by atoms with Gasteiger partial charge < -0.3 is 19.3 Å². The van der Waals surface area contributed by atoms with Gasteiger partial charge in [0.15, 0.2) is 11.5 Å². The van der Waals surface area contributed by atoms with Crippen LogP contribution in [-0.4, -0.2) is 37.4 Å². The Hall–Kier alpha value is -3.54. The molecule has 162 valence electrons. The quantitative estimate of drug-likeness (QED) is 0.376. The first-order valence-corrected chi connectivity index (χ1v) is 10.2. The van der Waals surface area contributed by atoms with Gasteiger partial charge in [0.25, 0.3) is 0 Å². The second-order valence-corrected chi connectivity index (χ2v) is 7.26. The molecule has 0 heterocycles. The average Bonchev–Trinajstić information content (AvgIpc) is 3.29. The van der Waals surface area contributed by atoms with Crippen LogP contribution < -0.4 is 9.47 Å². The third-order valence-corrected chi connectivity index (χ3v) is 5.13. The van der Waals surface area contributed by atoms with Crippen molar-refractivity contribution >= 4 is 24.1 Å². The van der Waals surface area contributed by atoms with Gasteiger partial charge in [-0.2, -0.15) is 0 Å². The summed E-state index contributed by atoms with van der Waals surface area (Å²) >= 11 is 0. The zero-order valence-electron chi connectivity index (χ0n) is 17.7. The van der Waals surface area contributed by atoms with E-state index >= 15 is 0 Å². The molecule has 0 amide bonds. The van der Waals surface area contributed by atoms with Crippen LogP contribution in [-0.2, 0) is 14.3 Å². The summed E-state index contributed by atoms with van der Waals surface area (Å²) < 4.78 is 16.4. The monoisotopic (exact) mass is 422 g/mol. The average molecular weight is 422 g/mol. The number of carbonyl (C=O) groups is 2. The molecule has 0 aliphatic heterocycles. The Morgan fingerprint density at radius 3 is 2.19 bits per heavy atom. The Balaban J connectivity index is 2.03. The number of benzene rings is 2. The number of ether oxygens (including phenoxy) is 3. The fourth-order valence-electron chi connectivity index (χ4n) is 3.55. The molecule has 6 nitrogen and oxygen atoms in total. The van der Waals surface area contributed by atoms with Gasteiger partial charge in [-0.1, -0.05) is 36.4 Å². The first-order chi connectivity index (χ1) is 15.0. The van der Waals surface area contributed by atoms with Crippen LogP contribution in [0.15, 0.2) is 59.7 Å². The molecule has 0 atom stereocenters. The molecule has 1 N–H and O–H groups in total. The van der Waals surface area contributed by atoms with E-state index in [0.29, 0.717) is 22.6 Å². The molecule has 0 unspecified atom stereocenters. The first kappa shape index (κ1) is 22.2. The minimum atomic E-state index is -1.23. The lowest BCUT2D eigenvalue weighted by atomic mass is 10.00. The molecule has 0 spiro atoms. The topological polar surface area (TPSA) is 82.1 Å². The maximum absolute atomic E-state index is 12.5. The Kier molecular flexibility index (Phi) is 7.49. The van der Waals surface area contributed by atoms with Crippen LogP contribution in [0.2, 0.25) is 0 Å². The van der Waals surface area contributed by atoms with Gasteiger partial charge in [0.1, 0.15) is 0 Å². The van der Waals surface area contributed by atoms with Gasteiger partial charge in [-0.25, -0.2) is 9.59 Å². The predicted molar refractivity (Wildman–Crippen MR) is 118 cm³/mol. The van der Waals surface area contributed by atoms with E-state index in [1.54, 1.807) is 49.6 Å². The molecule has 6 heteroatoms. The van der Waals surface area contributed by atoms with Gasteiger partial charge in [0.2, 0.25) is 0 Å². The number of carbonyl (C=O) groups excluding carboxylic acids is 1. The van der Waals surface area contributed by atoms with Crippen molar-refractivity contribution in [3.63, 3.8) is 0 Å². The van der Waals surface area contributed by atoms with E-state index in [-0.39, 0.29) is 17.3 Å². The van der Waals surface area contributed by atoms with Crippen molar-refractivity contribution in [1.29, 1.82) is 0 Å². The van der Waals surface area contributed by atoms with Gasteiger partial charge in [0, 0.05) is 0 Å². The number of esters is 1. The van der Waals surface area contributed by atoms with Crippen molar-refractivity contribution in [1.82, 2.24) is 0 Å². The van der Waals surface area contributed by atoms with Crippen LogP contribution in [0.1, 0.15) is 36.8 Å². The summed E-state index contributed by atoms with van der Waals surface area (Å²) in [5, 5.41) is 9.79. The van der Waals surface area contributed by atoms with Crippen molar-refractivity contribution < 1.29 is 28.9 Å². The summed E-state index contributed by atoms with van der Waals surface area (Å²) in [6.45, 7) is 0. The number of rotatable bonds is 8. The highest BCUT2D eigenvalue weighted by Crippen LogP contribution is 2.33. The van der Waals surface area contributed by atoms with Crippen LogP contribution in [0, 0.1) is 0 Å². The van der Waals surface area contributed by atoms with E-state index in [0.717, 1.165) is 25.7 Å². The number of aliphatic carboxylic acids is 1. The summed E-state index contributed by atoms with van der Waals surface area (Å²) in [7, 11) is 2.79. The molecular weight excluding hydrogens is 396 g/mol. The lowest BCUT2D eigenvalue weighted by Gasteiger charge is -2.16. The summed E-state index contributed by atoms with van der Waals surface area (Å²) in [6, 6.07) is 14.2. The standard InChI is InChI=1S/C25H26O6/c1-29-22-13-12-18(16-23(22)31-19-10-6-7-11-19)15-21(25(28)30-2)20(24(26)27)14-17-8-4-3-5-9-17/h3-5,8-9,12-16,19H,6-7,10-11H2,1-2H3,(H,26,27)/b20-14-,21-15+. The first-order valence-electron chi connectivity index (χ1n) is 10.2. The predicted octanol–water partition coefficient (Wildman–Crippen LogP) is 4.74. The second-order valence-electron chi connectivity index (χ2n) is 7.26. The van der Waals surface area contributed by atoms with Crippen LogP contribution in [0.5, 0.6) is 11.5 Å². The van der Waals surface area contributed by atoms with Gasteiger partial charge in [-0.15, -0.1) is 0 Å². The maximum atomic E-state index is 12.5. The summed E-state index contributed by atoms with van der Waals surface area (Å²) in [4.78, 5) is 24.5. The summed E-state index contributed by atoms with van der Waals surface area (Å²) in [5.74, 6) is -0.812. The van der Waals surface area contributed by atoms with E-state index in [1.807, 2.05) is 6.07 Å². The molecule has 1 aliphatic carbocycles. The van der Waals surface area contributed by atoms with Crippen LogP contribution in [0.4, 0.5) is 0 Å². The number of hydrogen-bond acceptors (Lipinski definition) is 5. The van der Waals surface area contributed by atoms with E-state index in [9.17, 15) is 14.7 Å². The summed E-state index contributed by atoms with van der Waals surface area (Å²) in [5.41, 5.74) is 1.05. The fourth-order valence-corrected chi connectivity index (χ4v) is 3.55. The Bertz CT molecular complexity index is 984. The molecule has 31 heavy (non-hydrogen) atoms. The zero-order valence-corrected chi connectivity index (χ0v) is 17.7. The third kappa shape index (κ3) is 5.75. The van der Waals surface area contributed by atoms with Gasteiger partial charge in [0.05, 0.1) is 31.5 Å². The Labute approximate surface area is 181 Å². The van der Waals surface area contributed by atoms with E-state index in [2.05, 4.69) is 0 Å². The number of carboxylic acids is 1. The molecule has 1 saturated carbocycles. The van der Waals surface area contributed by atoms with Crippen molar-refractivity contribution in [2.45, 2.75) is 31.8 Å². The van der Waals surface area contributed by atoms with Gasteiger partial charge in [-0.3, -0.25) is 0 Å². The minimum absolute atomic E-state index is 0.0594. The van der Waals surface area contributed by atoms with Crippen molar-refractivity contribution in [2.75, 3.05) is 14.2 Å². The number of carboxylic acid groups (broad SMARTS) is 1. The van der Waals surface area contributed by atoms with Crippen molar-refractivity contribution in [2.24, 2.45) is 0 Å². The molecule has 0 aromatic heterocycles. The molecule has 3 rings (SSSR count). The smallest absolute Gasteiger partial charge is 0.338 e. The Morgan fingerprint density at radius 1 is 0.903 bits per heavy atom.